The van der Waals surface area contributed by atoms with Crippen molar-refractivity contribution in [1.82, 2.24) is 10.3 Å². The number of benzene rings is 1. The molecule has 2 unspecified atom stereocenters. The maximum Gasteiger partial charge on any atom is 0.272 e. The average Bonchev–Trinajstić information content (AvgIpc) is 3.34. The van der Waals surface area contributed by atoms with E-state index in [2.05, 4.69) is 20.6 Å². The molecule has 1 aromatic heterocycles. The highest BCUT2D eigenvalue weighted by atomic mass is 19.3. The number of hydrogen-bond donors (Lipinski definition) is 3. The molecule has 1 fully saturated rings. The van der Waals surface area contributed by atoms with Gasteiger partial charge in [0.15, 0.2) is 5.69 Å². The number of halogens is 3. The summed E-state index contributed by atoms with van der Waals surface area (Å²) in [5.74, 6) is -3.82. The van der Waals surface area contributed by atoms with Crippen molar-refractivity contribution in [1.29, 1.82) is 0 Å². The molecule has 7 nitrogen and oxygen atoms in total. The normalized spacial score (nSPS) is 21.6. The van der Waals surface area contributed by atoms with Crippen molar-refractivity contribution in [3.63, 3.8) is 0 Å². The number of hydrogen-bond acceptors (Lipinski definition) is 6. The lowest BCUT2D eigenvalue weighted by Gasteiger charge is -2.28. The van der Waals surface area contributed by atoms with Crippen LogP contribution in [0.1, 0.15) is 40.9 Å². The van der Waals surface area contributed by atoms with Crippen LogP contribution in [-0.4, -0.2) is 43.3 Å². The molecule has 4 rings (SSSR count). The van der Waals surface area contributed by atoms with Gasteiger partial charge in [-0.1, -0.05) is 0 Å². The van der Waals surface area contributed by atoms with E-state index in [-0.39, 0.29) is 37.2 Å². The molecule has 2 aliphatic rings. The fraction of sp³-hybridized carbons (Fsp3) is 0.375. The van der Waals surface area contributed by atoms with E-state index in [1.54, 1.807) is 26.2 Å². The molecule has 10 heteroatoms. The quantitative estimate of drug-likeness (QED) is 0.557. The average molecular weight is 473 g/mol. The van der Waals surface area contributed by atoms with Gasteiger partial charge in [-0.15, -0.1) is 0 Å². The number of aliphatic imine (C=N–C) groups is 1. The van der Waals surface area contributed by atoms with Crippen LogP contribution >= 0.6 is 0 Å². The van der Waals surface area contributed by atoms with E-state index in [4.69, 9.17) is 5.73 Å². The summed E-state index contributed by atoms with van der Waals surface area (Å²) in [6.45, 7) is 0.0610. The van der Waals surface area contributed by atoms with Crippen molar-refractivity contribution in [3.05, 3.63) is 59.3 Å². The largest absolute Gasteiger partial charge is 0.404 e. The van der Waals surface area contributed by atoms with Gasteiger partial charge in [0.2, 0.25) is 5.92 Å². The van der Waals surface area contributed by atoms with Crippen LogP contribution in [0, 0.1) is 11.7 Å². The zero-order valence-electron chi connectivity index (χ0n) is 19.0. The maximum atomic E-state index is 14.2. The van der Waals surface area contributed by atoms with E-state index in [0.717, 1.165) is 0 Å². The zero-order chi connectivity index (χ0) is 24.5. The van der Waals surface area contributed by atoms with Crippen molar-refractivity contribution in [2.75, 3.05) is 24.3 Å². The summed E-state index contributed by atoms with van der Waals surface area (Å²) in [6, 6.07) is 6.11. The standard InChI is InChI=1S/C24H27F3N6O/c1-29-13-17(11-28)16-7-14(8-18(25)9-16)12-31-23(34)20-21-19(4-6-30-20)32-22(33(21)2)15-3-5-24(26,27)10-15/h4,6-9,11,13,15,22,32H,3,5,10,12,28H2,1-2H3,(H,31,34). The lowest BCUT2D eigenvalue weighted by atomic mass is 10.0. The first-order chi connectivity index (χ1) is 16.2. The molecular formula is C24H27F3N6O. The number of nitrogens with one attached hydrogen (secondary N) is 2. The minimum atomic E-state index is -2.66. The number of rotatable bonds is 6. The number of carbonyl (C=O) groups is 1. The third-order valence-corrected chi connectivity index (χ3v) is 6.29. The van der Waals surface area contributed by atoms with E-state index in [9.17, 15) is 18.0 Å². The first kappa shape index (κ1) is 23.6. The molecule has 0 spiro atoms. The van der Waals surface area contributed by atoms with Crippen molar-refractivity contribution in [2.45, 2.75) is 37.9 Å². The van der Waals surface area contributed by atoms with Gasteiger partial charge >= 0.3 is 0 Å². The lowest BCUT2D eigenvalue weighted by molar-refractivity contribution is 0.00433. The number of aromatic nitrogens is 1. The van der Waals surface area contributed by atoms with Crippen LogP contribution in [0.2, 0.25) is 0 Å². The lowest BCUT2D eigenvalue weighted by Crippen LogP contribution is -2.39. The second kappa shape index (κ2) is 9.36. The number of fused-ring (bicyclic) bond motifs is 1. The monoisotopic (exact) mass is 472 g/mol. The molecule has 1 aromatic carbocycles. The van der Waals surface area contributed by atoms with E-state index < -0.39 is 17.6 Å². The Bertz CT molecular complexity index is 1150. The van der Waals surface area contributed by atoms with Crippen LogP contribution in [0.25, 0.3) is 5.57 Å². The highest BCUT2D eigenvalue weighted by Gasteiger charge is 2.46. The molecular weight excluding hydrogens is 445 g/mol. The zero-order valence-corrected chi connectivity index (χ0v) is 19.0. The van der Waals surface area contributed by atoms with Gasteiger partial charge in [-0.2, -0.15) is 0 Å². The number of anilines is 2. The summed E-state index contributed by atoms with van der Waals surface area (Å²) in [5, 5.41) is 6.05. The SMILES string of the molecule is CN=CC(=CN)c1cc(F)cc(CNC(=O)c2nccc3c2N(C)C(C2CCC(F)(F)C2)N3)c1. The Morgan fingerprint density at radius 3 is 2.88 bits per heavy atom. The van der Waals surface area contributed by atoms with Gasteiger partial charge in [-0.3, -0.25) is 9.79 Å². The summed E-state index contributed by atoms with van der Waals surface area (Å²) >= 11 is 0. The number of allylic oxidation sites excluding steroid dienone is 1. The van der Waals surface area contributed by atoms with Gasteiger partial charge in [0.05, 0.1) is 11.4 Å². The predicted octanol–water partition coefficient (Wildman–Crippen LogP) is 3.77. The first-order valence-corrected chi connectivity index (χ1v) is 11.0. The predicted molar refractivity (Wildman–Crippen MR) is 126 cm³/mol. The van der Waals surface area contributed by atoms with Gasteiger partial charge in [0.1, 0.15) is 12.0 Å². The van der Waals surface area contributed by atoms with Gasteiger partial charge in [-0.05, 0) is 41.8 Å². The number of nitrogens with zero attached hydrogens (tertiary/aromatic N) is 3. The second-order valence-electron chi connectivity index (χ2n) is 8.65. The fourth-order valence-corrected chi connectivity index (χ4v) is 4.71. The summed E-state index contributed by atoms with van der Waals surface area (Å²) in [5.41, 5.74) is 8.66. The van der Waals surface area contributed by atoms with Crippen LogP contribution in [0.5, 0.6) is 0 Å². The Morgan fingerprint density at radius 2 is 2.21 bits per heavy atom. The third-order valence-electron chi connectivity index (χ3n) is 6.29. The first-order valence-electron chi connectivity index (χ1n) is 11.0. The molecule has 0 saturated heterocycles. The Balaban J connectivity index is 1.50. The van der Waals surface area contributed by atoms with Crippen LogP contribution < -0.4 is 21.3 Å². The Hall–Kier alpha value is -3.56. The van der Waals surface area contributed by atoms with E-state index in [0.29, 0.717) is 34.5 Å². The van der Waals surface area contributed by atoms with E-state index in [1.165, 1.54) is 30.7 Å². The second-order valence-corrected chi connectivity index (χ2v) is 8.65. The van der Waals surface area contributed by atoms with E-state index in [1.807, 2.05) is 4.90 Å². The summed E-state index contributed by atoms with van der Waals surface area (Å²) < 4.78 is 41.7. The Kier molecular flexibility index (Phi) is 6.49. The van der Waals surface area contributed by atoms with Crippen LogP contribution in [-0.2, 0) is 6.54 Å². The van der Waals surface area contributed by atoms with Gasteiger partial charge in [0, 0.05) is 63.6 Å². The van der Waals surface area contributed by atoms with Gasteiger partial charge in [0.25, 0.3) is 5.91 Å². The summed E-state index contributed by atoms with van der Waals surface area (Å²) in [4.78, 5) is 23.0. The van der Waals surface area contributed by atoms with Crippen molar-refractivity contribution in [3.8, 4) is 0 Å². The number of pyridine rings is 1. The molecule has 2 heterocycles. The van der Waals surface area contributed by atoms with Crippen molar-refractivity contribution in [2.24, 2.45) is 16.6 Å². The van der Waals surface area contributed by atoms with Gasteiger partial charge < -0.3 is 21.3 Å². The van der Waals surface area contributed by atoms with Crippen LogP contribution in [0.4, 0.5) is 24.5 Å². The molecule has 0 bridgehead atoms. The minimum absolute atomic E-state index is 0.0610. The summed E-state index contributed by atoms with van der Waals surface area (Å²) in [7, 11) is 3.36. The maximum absolute atomic E-state index is 14.2. The number of amides is 1. The Morgan fingerprint density at radius 1 is 1.41 bits per heavy atom. The Labute approximate surface area is 196 Å². The fourth-order valence-electron chi connectivity index (χ4n) is 4.71. The topological polar surface area (TPSA) is 95.6 Å². The van der Waals surface area contributed by atoms with Crippen molar-refractivity contribution >= 4 is 29.1 Å². The molecule has 2 aromatic rings. The molecule has 1 saturated carbocycles. The molecule has 2 atom stereocenters. The molecule has 4 N–H and O–H groups in total. The van der Waals surface area contributed by atoms with Crippen molar-refractivity contribution < 1.29 is 18.0 Å². The minimum Gasteiger partial charge on any atom is -0.404 e. The molecule has 1 aliphatic carbocycles. The number of carbonyl (C=O) groups excluding carboxylic acids is 1. The molecule has 1 amide bonds. The number of alkyl halides is 2. The molecule has 34 heavy (non-hydrogen) atoms. The van der Waals surface area contributed by atoms with Crippen LogP contribution in [0.3, 0.4) is 0 Å². The highest BCUT2D eigenvalue weighted by Crippen LogP contribution is 2.46. The van der Waals surface area contributed by atoms with E-state index >= 15 is 0 Å². The smallest absolute Gasteiger partial charge is 0.272 e. The van der Waals surface area contributed by atoms with Crippen LogP contribution in [0.15, 0.2) is 41.7 Å². The summed E-state index contributed by atoms with van der Waals surface area (Å²) in [6.07, 6.45) is 4.10. The third kappa shape index (κ3) is 4.71. The molecule has 1 aliphatic heterocycles. The molecule has 180 valence electrons. The number of nitrogens with two attached hydrogens (primary N) is 1. The van der Waals surface area contributed by atoms with Gasteiger partial charge in [-0.25, -0.2) is 18.2 Å². The highest BCUT2D eigenvalue weighted by molar-refractivity contribution is 6.09. The molecule has 0 radical (unpaired) electrons.